The summed E-state index contributed by atoms with van der Waals surface area (Å²) in [5, 5.41) is 0.620. The molecule has 0 spiro atoms. The van der Waals surface area contributed by atoms with E-state index in [2.05, 4.69) is 4.98 Å². The van der Waals surface area contributed by atoms with Crippen molar-refractivity contribution in [2.24, 2.45) is 0 Å². The third kappa shape index (κ3) is 1.11. The number of H-pyrrole nitrogens is 1. The van der Waals surface area contributed by atoms with E-state index in [0.717, 1.165) is 17.3 Å². The van der Waals surface area contributed by atoms with Crippen molar-refractivity contribution < 1.29 is 8.78 Å². The lowest BCUT2D eigenvalue weighted by Gasteiger charge is -1.93. The van der Waals surface area contributed by atoms with E-state index in [4.69, 9.17) is 0 Å². The molecule has 0 aliphatic rings. The summed E-state index contributed by atoms with van der Waals surface area (Å²) in [5.41, 5.74) is 2.16. The summed E-state index contributed by atoms with van der Waals surface area (Å²) in [5.74, 6) is -1.07. The van der Waals surface area contributed by atoms with Crippen LogP contribution in [0.2, 0.25) is 0 Å². The summed E-state index contributed by atoms with van der Waals surface area (Å²) in [7, 11) is 0. The number of aromatic nitrogens is 1. The summed E-state index contributed by atoms with van der Waals surface area (Å²) in [6, 6.07) is 2.23. The monoisotopic (exact) mass is 181 g/mol. The summed E-state index contributed by atoms with van der Waals surface area (Å²) in [4.78, 5) is 2.88. The van der Waals surface area contributed by atoms with Gasteiger partial charge in [0.15, 0.2) is 0 Å². The fraction of sp³-hybridized carbons (Fsp3) is 0.200. The Balaban J connectivity index is 2.94. The average Bonchev–Trinajstić information content (AvgIpc) is 2.32. The second-order valence-electron chi connectivity index (χ2n) is 3.19. The molecule has 1 heterocycles. The van der Waals surface area contributed by atoms with Crippen molar-refractivity contribution in [1.82, 2.24) is 4.98 Å². The molecule has 2 rings (SSSR count). The molecule has 0 aliphatic carbocycles. The van der Waals surface area contributed by atoms with Gasteiger partial charge >= 0.3 is 0 Å². The number of hydrogen-bond acceptors (Lipinski definition) is 0. The number of halogens is 2. The van der Waals surface area contributed by atoms with Crippen LogP contribution in [0.3, 0.4) is 0 Å². The molecule has 0 fully saturated rings. The average molecular weight is 181 g/mol. The van der Waals surface area contributed by atoms with Gasteiger partial charge in [0.2, 0.25) is 0 Å². The van der Waals surface area contributed by atoms with Crippen LogP contribution in [0.25, 0.3) is 10.9 Å². The largest absolute Gasteiger partial charge is 0.356 e. The zero-order valence-electron chi connectivity index (χ0n) is 7.41. The highest BCUT2D eigenvalue weighted by Crippen LogP contribution is 2.24. The highest BCUT2D eigenvalue weighted by atomic mass is 19.1. The van der Waals surface area contributed by atoms with Gasteiger partial charge < -0.3 is 4.98 Å². The molecule has 0 saturated carbocycles. The first-order chi connectivity index (χ1) is 6.09. The molecule has 0 saturated heterocycles. The molecule has 0 bridgehead atoms. The first-order valence-corrected chi connectivity index (χ1v) is 4.03. The molecule has 1 aromatic heterocycles. The first kappa shape index (κ1) is 8.23. The van der Waals surface area contributed by atoms with Gasteiger partial charge in [0.25, 0.3) is 0 Å². The van der Waals surface area contributed by atoms with Gasteiger partial charge in [0, 0.05) is 17.1 Å². The van der Waals surface area contributed by atoms with E-state index in [0.29, 0.717) is 10.9 Å². The zero-order chi connectivity index (χ0) is 9.59. The van der Waals surface area contributed by atoms with Crippen molar-refractivity contribution in [1.29, 1.82) is 0 Å². The molecule has 13 heavy (non-hydrogen) atoms. The lowest BCUT2D eigenvalue weighted by Crippen LogP contribution is -1.81. The lowest BCUT2D eigenvalue weighted by molar-refractivity contribution is 0.591. The number of benzene rings is 1. The van der Waals surface area contributed by atoms with Crippen LogP contribution in [-0.2, 0) is 0 Å². The number of rotatable bonds is 0. The van der Waals surface area contributed by atoms with Crippen LogP contribution >= 0.6 is 0 Å². The normalized spacial score (nSPS) is 11.1. The van der Waals surface area contributed by atoms with Crippen LogP contribution < -0.4 is 0 Å². The number of nitrogens with one attached hydrogen (secondary N) is 1. The summed E-state index contributed by atoms with van der Waals surface area (Å²) < 4.78 is 26.0. The molecular formula is C10H9F2N. The van der Waals surface area contributed by atoms with Gasteiger partial charge in [-0.3, -0.25) is 0 Å². The minimum absolute atomic E-state index is 0.386. The topological polar surface area (TPSA) is 15.8 Å². The maximum absolute atomic E-state index is 13.2. The minimum atomic E-state index is -0.536. The third-order valence-corrected chi connectivity index (χ3v) is 2.33. The van der Waals surface area contributed by atoms with Crippen molar-refractivity contribution in [3.05, 3.63) is 35.0 Å². The highest BCUT2D eigenvalue weighted by molar-refractivity contribution is 5.84. The lowest BCUT2D eigenvalue weighted by atomic mass is 10.1. The van der Waals surface area contributed by atoms with Gasteiger partial charge in [-0.05, 0) is 25.5 Å². The molecule has 68 valence electrons. The molecule has 2 aromatic rings. The summed E-state index contributed by atoms with van der Waals surface area (Å²) >= 11 is 0. The molecular weight excluding hydrogens is 172 g/mol. The molecule has 1 nitrogen and oxygen atoms in total. The van der Waals surface area contributed by atoms with Gasteiger partial charge in [-0.15, -0.1) is 0 Å². The Labute approximate surface area is 74.4 Å². The predicted octanol–water partition coefficient (Wildman–Crippen LogP) is 3.06. The molecule has 0 radical (unpaired) electrons. The third-order valence-electron chi connectivity index (χ3n) is 2.33. The van der Waals surface area contributed by atoms with E-state index in [1.54, 1.807) is 0 Å². The molecule has 0 amide bonds. The predicted molar refractivity (Wildman–Crippen MR) is 47.7 cm³/mol. The van der Waals surface area contributed by atoms with Crippen LogP contribution in [0.1, 0.15) is 11.3 Å². The van der Waals surface area contributed by atoms with Crippen molar-refractivity contribution in [3.63, 3.8) is 0 Å². The fourth-order valence-electron chi connectivity index (χ4n) is 1.48. The number of aromatic amines is 1. The Morgan fingerprint density at radius 2 is 1.85 bits per heavy atom. The van der Waals surface area contributed by atoms with E-state index >= 15 is 0 Å². The molecule has 0 aliphatic heterocycles. The standard InChI is InChI=1S/C10H9F2N/c1-5-6(2)13-10-8(5)3-7(11)4-9(10)12/h3-4,13H,1-2H3. The van der Waals surface area contributed by atoms with Crippen molar-refractivity contribution >= 4 is 10.9 Å². The second kappa shape index (κ2) is 2.55. The smallest absolute Gasteiger partial charge is 0.150 e. The number of hydrogen-bond donors (Lipinski definition) is 1. The van der Waals surface area contributed by atoms with Crippen molar-refractivity contribution in [3.8, 4) is 0 Å². The van der Waals surface area contributed by atoms with E-state index in [1.165, 1.54) is 6.07 Å². The number of aryl methyl sites for hydroxylation is 2. The zero-order valence-corrected chi connectivity index (χ0v) is 7.41. The van der Waals surface area contributed by atoms with E-state index in [9.17, 15) is 8.78 Å². The molecule has 0 unspecified atom stereocenters. The van der Waals surface area contributed by atoms with E-state index in [1.807, 2.05) is 13.8 Å². The van der Waals surface area contributed by atoms with Crippen LogP contribution in [0, 0.1) is 25.5 Å². The molecule has 1 N–H and O–H groups in total. The second-order valence-corrected chi connectivity index (χ2v) is 3.19. The maximum atomic E-state index is 13.2. The van der Waals surface area contributed by atoms with E-state index in [-0.39, 0.29) is 0 Å². The van der Waals surface area contributed by atoms with Gasteiger partial charge in [-0.25, -0.2) is 8.78 Å². The Morgan fingerprint density at radius 1 is 1.15 bits per heavy atom. The Morgan fingerprint density at radius 3 is 2.54 bits per heavy atom. The molecule has 0 atom stereocenters. The van der Waals surface area contributed by atoms with Crippen LogP contribution in [-0.4, -0.2) is 4.98 Å². The van der Waals surface area contributed by atoms with Gasteiger partial charge in [0.05, 0.1) is 5.52 Å². The van der Waals surface area contributed by atoms with Gasteiger partial charge in [0.1, 0.15) is 11.6 Å². The Kier molecular flexibility index (Phi) is 1.62. The molecule has 1 aromatic carbocycles. The number of fused-ring (bicyclic) bond motifs is 1. The van der Waals surface area contributed by atoms with Crippen molar-refractivity contribution in [2.75, 3.05) is 0 Å². The van der Waals surface area contributed by atoms with Gasteiger partial charge in [-0.2, -0.15) is 0 Å². The minimum Gasteiger partial charge on any atom is -0.356 e. The van der Waals surface area contributed by atoms with Crippen molar-refractivity contribution in [2.45, 2.75) is 13.8 Å². The molecule has 3 heteroatoms. The SMILES string of the molecule is Cc1[nH]c2c(F)cc(F)cc2c1C. The van der Waals surface area contributed by atoms with Crippen LogP contribution in [0.15, 0.2) is 12.1 Å². The van der Waals surface area contributed by atoms with Gasteiger partial charge in [-0.1, -0.05) is 0 Å². The summed E-state index contributed by atoms with van der Waals surface area (Å²) in [6.45, 7) is 3.68. The first-order valence-electron chi connectivity index (χ1n) is 4.03. The summed E-state index contributed by atoms with van der Waals surface area (Å²) in [6.07, 6.45) is 0. The fourth-order valence-corrected chi connectivity index (χ4v) is 1.48. The maximum Gasteiger partial charge on any atom is 0.150 e. The Hall–Kier alpha value is -1.38. The Bertz CT molecular complexity index is 471. The quantitative estimate of drug-likeness (QED) is 0.642. The van der Waals surface area contributed by atoms with Crippen LogP contribution in [0.5, 0.6) is 0 Å². The van der Waals surface area contributed by atoms with Crippen LogP contribution in [0.4, 0.5) is 8.78 Å². The highest BCUT2D eigenvalue weighted by Gasteiger charge is 2.09. The van der Waals surface area contributed by atoms with E-state index < -0.39 is 11.6 Å².